The van der Waals surface area contributed by atoms with Gasteiger partial charge in [0.25, 0.3) is 0 Å². The average molecular weight is 288 g/mol. The zero-order chi connectivity index (χ0) is 15.3. The smallest absolute Gasteiger partial charge is 0.231 e. The van der Waals surface area contributed by atoms with Crippen molar-refractivity contribution >= 4 is 17.4 Å². The molecule has 0 aromatic heterocycles. The highest BCUT2D eigenvalue weighted by atomic mass is 16.2. The highest BCUT2D eigenvalue weighted by Gasteiger charge is 2.38. The van der Waals surface area contributed by atoms with Gasteiger partial charge in [0.15, 0.2) is 5.78 Å². The first kappa shape index (κ1) is 15.7. The number of hydrogen-bond acceptors (Lipinski definition) is 3. The molecular formula is C17H24N2O2. The van der Waals surface area contributed by atoms with Crippen molar-refractivity contribution in [2.75, 3.05) is 18.4 Å². The normalized spacial score (nSPS) is 21.8. The van der Waals surface area contributed by atoms with E-state index in [0.717, 1.165) is 38.8 Å². The lowest BCUT2D eigenvalue weighted by Gasteiger charge is -2.36. The monoisotopic (exact) mass is 288 g/mol. The molecule has 114 valence electrons. The fourth-order valence-electron chi connectivity index (χ4n) is 3.05. The Balaban J connectivity index is 2.15. The van der Waals surface area contributed by atoms with Crippen molar-refractivity contribution in [2.24, 2.45) is 5.41 Å². The van der Waals surface area contributed by atoms with Crippen LogP contribution < -0.4 is 10.6 Å². The molecule has 1 aliphatic rings. The van der Waals surface area contributed by atoms with Gasteiger partial charge < -0.3 is 10.6 Å². The van der Waals surface area contributed by atoms with Gasteiger partial charge in [0.1, 0.15) is 0 Å². The number of anilines is 1. The number of rotatable bonds is 5. The van der Waals surface area contributed by atoms with Crippen molar-refractivity contribution < 1.29 is 9.59 Å². The van der Waals surface area contributed by atoms with Crippen molar-refractivity contribution in [3.8, 4) is 0 Å². The summed E-state index contributed by atoms with van der Waals surface area (Å²) in [4.78, 5) is 24.2. The van der Waals surface area contributed by atoms with Gasteiger partial charge in [0.2, 0.25) is 5.91 Å². The number of piperidine rings is 1. The van der Waals surface area contributed by atoms with E-state index in [9.17, 15) is 9.59 Å². The quantitative estimate of drug-likeness (QED) is 0.819. The molecule has 2 rings (SSSR count). The molecule has 1 fully saturated rings. The number of carbonyl (C=O) groups excluding carboxylic acids is 2. The summed E-state index contributed by atoms with van der Waals surface area (Å²) in [7, 11) is 0. The summed E-state index contributed by atoms with van der Waals surface area (Å²) in [5.74, 6) is 0.0750. The molecule has 2 N–H and O–H groups in total. The van der Waals surface area contributed by atoms with Gasteiger partial charge in [-0.1, -0.05) is 25.5 Å². The summed E-state index contributed by atoms with van der Waals surface area (Å²) in [5.41, 5.74) is 1.01. The van der Waals surface area contributed by atoms with Gasteiger partial charge in [0, 0.05) is 17.8 Å². The van der Waals surface area contributed by atoms with Crippen molar-refractivity contribution in [1.29, 1.82) is 0 Å². The lowest BCUT2D eigenvalue weighted by Crippen LogP contribution is -2.48. The maximum absolute atomic E-state index is 12.7. The molecule has 1 atom stereocenters. The summed E-state index contributed by atoms with van der Waals surface area (Å²) in [6, 6.07) is 7.15. The fraction of sp³-hybridized carbons (Fsp3) is 0.529. The molecule has 21 heavy (non-hydrogen) atoms. The van der Waals surface area contributed by atoms with E-state index in [0.29, 0.717) is 11.3 Å². The zero-order valence-corrected chi connectivity index (χ0v) is 12.9. The highest BCUT2D eigenvalue weighted by molar-refractivity contribution is 5.98. The van der Waals surface area contributed by atoms with Crippen LogP contribution in [0.5, 0.6) is 0 Å². The molecule has 4 heteroatoms. The summed E-state index contributed by atoms with van der Waals surface area (Å²) in [6.45, 7) is 5.36. The molecule has 1 saturated heterocycles. The van der Waals surface area contributed by atoms with Gasteiger partial charge in [-0.05, 0) is 44.9 Å². The predicted molar refractivity (Wildman–Crippen MR) is 84.5 cm³/mol. The van der Waals surface area contributed by atoms with Crippen molar-refractivity contribution in [3.05, 3.63) is 29.8 Å². The highest BCUT2D eigenvalue weighted by Crippen LogP contribution is 2.33. The first-order chi connectivity index (χ1) is 10.1. The summed E-state index contributed by atoms with van der Waals surface area (Å²) >= 11 is 0. The third kappa shape index (κ3) is 3.70. The van der Waals surface area contributed by atoms with E-state index >= 15 is 0 Å². The Morgan fingerprint density at radius 1 is 1.38 bits per heavy atom. The second-order valence-corrected chi connectivity index (χ2v) is 5.90. The lowest BCUT2D eigenvalue weighted by atomic mass is 9.76. The Morgan fingerprint density at radius 3 is 2.81 bits per heavy atom. The van der Waals surface area contributed by atoms with Gasteiger partial charge in [-0.2, -0.15) is 0 Å². The second-order valence-electron chi connectivity index (χ2n) is 5.90. The molecule has 1 aliphatic heterocycles. The van der Waals surface area contributed by atoms with E-state index in [1.807, 2.05) is 6.07 Å². The number of hydrogen-bond donors (Lipinski definition) is 2. The molecule has 1 heterocycles. The Morgan fingerprint density at radius 2 is 2.19 bits per heavy atom. The number of benzene rings is 1. The van der Waals surface area contributed by atoms with Crippen molar-refractivity contribution in [3.63, 3.8) is 0 Å². The SMILES string of the molecule is CCCC1(C(=O)Nc2cccc(C(C)=O)c2)CCCNC1. The zero-order valence-electron chi connectivity index (χ0n) is 12.9. The number of ketones is 1. The van der Waals surface area contributed by atoms with Crippen LogP contribution in [0.2, 0.25) is 0 Å². The van der Waals surface area contributed by atoms with Crippen LogP contribution in [0.25, 0.3) is 0 Å². The second kappa shape index (κ2) is 6.85. The Bertz CT molecular complexity index is 514. The largest absolute Gasteiger partial charge is 0.326 e. The lowest BCUT2D eigenvalue weighted by molar-refractivity contribution is -0.127. The maximum Gasteiger partial charge on any atom is 0.231 e. The average Bonchev–Trinajstić information content (AvgIpc) is 2.48. The minimum absolute atomic E-state index is 0.00806. The van der Waals surface area contributed by atoms with Gasteiger partial charge in [-0.3, -0.25) is 9.59 Å². The molecular weight excluding hydrogens is 264 g/mol. The van der Waals surface area contributed by atoms with Crippen LogP contribution in [-0.4, -0.2) is 24.8 Å². The minimum Gasteiger partial charge on any atom is -0.326 e. The molecule has 1 aromatic carbocycles. The Hall–Kier alpha value is -1.68. The topological polar surface area (TPSA) is 58.2 Å². The molecule has 0 spiro atoms. The van der Waals surface area contributed by atoms with E-state index in [4.69, 9.17) is 0 Å². The van der Waals surface area contributed by atoms with Crippen LogP contribution in [0.3, 0.4) is 0 Å². The third-order valence-electron chi connectivity index (χ3n) is 4.21. The number of carbonyl (C=O) groups is 2. The Labute approximate surface area is 126 Å². The molecule has 0 aliphatic carbocycles. The van der Waals surface area contributed by atoms with Crippen LogP contribution >= 0.6 is 0 Å². The van der Waals surface area contributed by atoms with Gasteiger partial charge in [0.05, 0.1) is 5.41 Å². The van der Waals surface area contributed by atoms with E-state index in [2.05, 4.69) is 17.6 Å². The van der Waals surface area contributed by atoms with Gasteiger partial charge in [-0.25, -0.2) is 0 Å². The summed E-state index contributed by atoms with van der Waals surface area (Å²) < 4.78 is 0. The van der Waals surface area contributed by atoms with E-state index in [1.165, 1.54) is 6.92 Å². The number of nitrogens with one attached hydrogen (secondary N) is 2. The molecule has 1 aromatic rings. The molecule has 0 radical (unpaired) electrons. The summed E-state index contributed by atoms with van der Waals surface area (Å²) in [6.07, 6.45) is 3.83. The van der Waals surface area contributed by atoms with Crippen LogP contribution in [0.4, 0.5) is 5.69 Å². The maximum atomic E-state index is 12.7. The van der Waals surface area contributed by atoms with Crippen LogP contribution in [0.15, 0.2) is 24.3 Å². The fourth-order valence-corrected chi connectivity index (χ4v) is 3.05. The third-order valence-corrected chi connectivity index (χ3v) is 4.21. The standard InChI is InChI=1S/C17H24N2O2/c1-3-8-17(9-5-10-18-12-17)16(21)19-15-7-4-6-14(11-15)13(2)20/h4,6-7,11,18H,3,5,8-10,12H2,1-2H3,(H,19,21). The van der Waals surface area contributed by atoms with Gasteiger partial charge in [-0.15, -0.1) is 0 Å². The molecule has 1 unspecified atom stereocenters. The van der Waals surface area contributed by atoms with E-state index in [-0.39, 0.29) is 17.1 Å². The molecule has 4 nitrogen and oxygen atoms in total. The molecule has 0 saturated carbocycles. The minimum atomic E-state index is -0.320. The van der Waals surface area contributed by atoms with Crippen molar-refractivity contribution in [1.82, 2.24) is 5.32 Å². The predicted octanol–water partition coefficient (Wildman–Crippen LogP) is 3.00. The molecule has 0 bridgehead atoms. The van der Waals surface area contributed by atoms with Gasteiger partial charge >= 0.3 is 0 Å². The van der Waals surface area contributed by atoms with Crippen LogP contribution in [0.1, 0.15) is 49.9 Å². The van der Waals surface area contributed by atoms with Crippen LogP contribution in [-0.2, 0) is 4.79 Å². The summed E-state index contributed by atoms with van der Waals surface area (Å²) in [5, 5.41) is 6.34. The number of amides is 1. The van der Waals surface area contributed by atoms with E-state index < -0.39 is 0 Å². The van der Waals surface area contributed by atoms with E-state index in [1.54, 1.807) is 18.2 Å². The van der Waals surface area contributed by atoms with Crippen molar-refractivity contribution in [2.45, 2.75) is 39.5 Å². The van der Waals surface area contributed by atoms with Crippen LogP contribution in [0, 0.1) is 5.41 Å². The first-order valence-corrected chi connectivity index (χ1v) is 7.70. The first-order valence-electron chi connectivity index (χ1n) is 7.70. The molecule has 1 amide bonds. The Kier molecular flexibility index (Phi) is 5.12. The number of Topliss-reactive ketones (excluding diaryl/α,β-unsaturated/α-hetero) is 1.